The van der Waals surface area contributed by atoms with Gasteiger partial charge in [-0.15, -0.1) is 11.3 Å². The summed E-state index contributed by atoms with van der Waals surface area (Å²) in [6.07, 6.45) is 0. The second-order valence-electron chi connectivity index (χ2n) is 7.18. The lowest BCUT2D eigenvalue weighted by Crippen LogP contribution is -2.52. The Kier molecular flexibility index (Phi) is 7.17. The van der Waals surface area contributed by atoms with Crippen LogP contribution in [0.15, 0.2) is 35.3 Å². The Morgan fingerprint density at radius 3 is 2.46 bits per heavy atom. The Hall–Kier alpha value is -1.92. The fourth-order valence-electron chi connectivity index (χ4n) is 2.89. The van der Waals surface area contributed by atoms with Gasteiger partial charge < -0.3 is 16.0 Å². The molecule has 0 aliphatic rings. The predicted molar refractivity (Wildman–Crippen MR) is 112 cm³/mol. The standard InChI is InChI=1S/C20H31N5S/c1-14(17-10-8-7-9-11-17)25-20(4,5)13-23-19(21-6)22-12-18-15(2)24-16(3)26-18/h7-11,14,25H,12-13H2,1-6H3,(H2,21,22,23). The van der Waals surface area contributed by atoms with Gasteiger partial charge in [-0.1, -0.05) is 30.3 Å². The molecule has 0 saturated heterocycles. The van der Waals surface area contributed by atoms with E-state index in [-0.39, 0.29) is 11.6 Å². The molecule has 1 heterocycles. The minimum atomic E-state index is -0.0795. The zero-order chi connectivity index (χ0) is 19.2. The van der Waals surface area contributed by atoms with E-state index < -0.39 is 0 Å². The van der Waals surface area contributed by atoms with E-state index >= 15 is 0 Å². The van der Waals surface area contributed by atoms with E-state index in [2.05, 4.69) is 77.9 Å². The van der Waals surface area contributed by atoms with Gasteiger partial charge in [0.05, 0.1) is 17.2 Å². The highest BCUT2D eigenvalue weighted by Gasteiger charge is 2.21. The zero-order valence-corrected chi connectivity index (χ0v) is 17.5. The fraction of sp³-hybridized carbons (Fsp3) is 0.500. The summed E-state index contributed by atoms with van der Waals surface area (Å²) >= 11 is 1.73. The number of aryl methyl sites for hydroxylation is 2. The van der Waals surface area contributed by atoms with Crippen molar-refractivity contribution in [2.24, 2.45) is 4.99 Å². The van der Waals surface area contributed by atoms with Crippen LogP contribution in [-0.4, -0.2) is 30.1 Å². The van der Waals surface area contributed by atoms with E-state index in [1.807, 2.05) is 13.0 Å². The van der Waals surface area contributed by atoms with Crippen molar-refractivity contribution in [2.75, 3.05) is 13.6 Å². The first kappa shape index (κ1) is 20.4. The van der Waals surface area contributed by atoms with E-state index in [4.69, 9.17) is 0 Å². The lowest BCUT2D eigenvalue weighted by atomic mass is 10.0. The number of hydrogen-bond acceptors (Lipinski definition) is 4. The number of aromatic nitrogens is 1. The van der Waals surface area contributed by atoms with Crippen LogP contribution in [0.1, 0.15) is 48.0 Å². The second kappa shape index (κ2) is 9.14. The van der Waals surface area contributed by atoms with E-state index in [1.165, 1.54) is 10.4 Å². The molecule has 2 aromatic rings. The molecule has 0 spiro atoms. The van der Waals surface area contributed by atoms with Gasteiger partial charge in [0, 0.05) is 30.1 Å². The first-order valence-electron chi connectivity index (χ1n) is 9.01. The molecule has 0 aliphatic carbocycles. The van der Waals surface area contributed by atoms with Crippen LogP contribution in [0.2, 0.25) is 0 Å². The third kappa shape index (κ3) is 6.11. The van der Waals surface area contributed by atoms with Gasteiger partial charge >= 0.3 is 0 Å². The van der Waals surface area contributed by atoms with Crippen LogP contribution in [0.3, 0.4) is 0 Å². The highest BCUT2D eigenvalue weighted by molar-refractivity contribution is 7.11. The molecule has 26 heavy (non-hydrogen) atoms. The van der Waals surface area contributed by atoms with Crippen LogP contribution in [0.25, 0.3) is 0 Å². The maximum atomic E-state index is 4.47. The molecule has 5 nitrogen and oxygen atoms in total. The third-order valence-corrected chi connectivity index (χ3v) is 5.32. The molecule has 2 rings (SSSR count). The zero-order valence-electron chi connectivity index (χ0n) is 16.7. The summed E-state index contributed by atoms with van der Waals surface area (Å²) in [5, 5.41) is 11.6. The topological polar surface area (TPSA) is 61.3 Å². The number of rotatable bonds is 7. The molecule has 1 unspecified atom stereocenters. The minimum absolute atomic E-state index is 0.0795. The Morgan fingerprint density at radius 1 is 1.19 bits per heavy atom. The Bertz CT molecular complexity index is 721. The van der Waals surface area contributed by atoms with Crippen LogP contribution in [-0.2, 0) is 6.54 Å². The molecular formula is C20H31N5S. The first-order chi connectivity index (χ1) is 12.3. The normalized spacial score (nSPS) is 13.5. The van der Waals surface area contributed by atoms with Crippen LogP contribution in [0.5, 0.6) is 0 Å². The molecule has 0 aliphatic heterocycles. The highest BCUT2D eigenvalue weighted by Crippen LogP contribution is 2.17. The largest absolute Gasteiger partial charge is 0.355 e. The van der Waals surface area contributed by atoms with E-state index in [0.717, 1.165) is 29.8 Å². The first-order valence-corrected chi connectivity index (χ1v) is 9.82. The summed E-state index contributed by atoms with van der Waals surface area (Å²) in [7, 11) is 1.80. The number of nitrogens with zero attached hydrogens (tertiary/aromatic N) is 2. The van der Waals surface area contributed by atoms with Gasteiger partial charge in [-0.3, -0.25) is 4.99 Å². The number of thiazole rings is 1. The smallest absolute Gasteiger partial charge is 0.191 e. The summed E-state index contributed by atoms with van der Waals surface area (Å²) in [5.41, 5.74) is 2.30. The van der Waals surface area contributed by atoms with Gasteiger partial charge in [0.15, 0.2) is 5.96 Å². The molecule has 1 aromatic carbocycles. The second-order valence-corrected chi connectivity index (χ2v) is 8.47. The minimum Gasteiger partial charge on any atom is -0.355 e. The van der Waals surface area contributed by atoms with Crippen molar-refractivity contribution in [3.63, 3.8) is 0 Å². The summed E-state index contributed by atoms with van der Waals surface area (Å²) in [4.78, 5) is 10.1. The molecule has 0 fully saturated rings. The number of hydrogen-bond donors (Lipinski definition) is 3. The van der Waals surface area contributed by atoms with Gasteiger partial charge in [-0.2, -0.15) is 0 Å². The highest BCUT2D eigenvalue weighted by atomic mass is 32.1. The fourth-order valence-corrected chi connectivity index (χ4v) is 3.77. The molecular weight excluding hydrogens is 342 g/mol. The van der Waals surface area contributed by atoms with Crippen molar-refractivity contribution in [3.05, 3.63) is 51.5 Å². The SMILES string of the molecule is CN=C(NCc1sc(C)nc1C)NCC(C)(C)NC(C)c1ccccc1. The van der Waals surface area contributed by atoms with Gasteiger partial charge in [0.2, 0.25) is 0 Å². The Morgan fingerprint density at radius 2 is 1.88 bits per heavy atom. The lowest BCUT2D eigenvalue weighted by Gasteiger charge is -2.31. The van der Waals surface area contributed by atoms with E-state index in [0.29, 0.717) is 0 Å². The van der Waals surface area contributed by atoms with Crippen molar-refractivity contribution in [1.82, 2.24) is 20.9 Å². The van der Waals surface area contributed by atoms with Crippen LogP contribution < -0.4 is 16.0 Å². The third-order valence-electron chi connectivity index (χ3n) is 4.24. The average molecular weight is 374 g/mol. The van der Waals surface area contributed by atoms with Crippen molar-refractivity contribution in [3.8, 4) is 0 Å². The maximum absolute atomic E-state index is 4.47. The van der Waals surface area contributed by atoms with Gasteiger partial charge in [0.25, 0.3) is 0 Å². The van der Waals surface area contributed by atoms with Crippen LogP contribution in [0, 0.1) is 13.8 Å². The molecule has 6 heteroatoms. The van der Waals surface area contributed by atoms with Crippen molar-refractivity contribution < 1.29 is 0 Å². The molecule has 1 atom stereocenters. The lowest BCUT2D eigenvalue weighted by molar-refractivity contribution is 0.345. The molecule has 1 aromatic heterocycles. The van der Waals surface area contributed by atoms with Gasteiger partial charge in [-0.25, -0.2) is 4.98 Å². The quantitative estimate of drug-likeness (QED) is 0.513. The van der Waals surface area contributed by atoms with Gasteiger partial charge in [-0.05, 0) is 40.2 Å². The monoisotopic (exact) mass is 373 g/mol. The van der Waals surface area contributed by atoms with Crippen molar-refractivity contribution >= 4 is 17.3 Å². The van der Waals surface area contributed by atoms with Gasteiger partial charge in [0.1, 0.15) is 0 Å². The summed E-state index contributed by atoms with van der Waals surface area (Å²) in [6.45, 7) is 12.2. The number of benzene rings is 1. The molecule has 0 amide bonds. The van der Waals surface area contributed by atoms with Crippen molar-refractivity contribution in [2.45, 2.75) is 52.7 Å². The molecule has 142 valence electrons. The number of aliphatic imine (C=N–C) groups is 1. The number of guanidine groups is 1. The predicted octanol–water partition coefficient (Wildman–Crippen LogP) is 3.55. The van der Waals surface area contributed by atoms with E-state index in [9.17, 15) is 0 Å². The number of nitrogens with one attached hydrogen (secondary N) is 3. The molecule has 0 radical (unpaired) electrons. The van der Waals surface area contributed by atoms with E-state index in [1.54, 1.807) is 18.4 Å². The maximum Gasteiger partial charge on any atom is 0.191 e. The Balaban J connectivity index is 1.85. The molecule has 0 bridgehead atoms. The van der Waals surface area contributed by atoms with Crippen LogP contribution in [0.4, 0.5) is 0 Å². The molecule has 0 saturated carbocycles. The van der Waals surface area contributed by atoms with Crippen LogP contribution >= 0.6 is 11.3 Å². The summed E-state index contributed by atoms with van der Waals surface area (Å²) in [5.74, 6) is 0.803. The summed E-state index contributed by atoms with van der Waals surface area (Å²) in [6, 6.07) is 10.8. The van der Waals surface area contributed by atoms with Crippen molar-refractivity contribution in [1.29, 1.82) is 0 Å². The average Bonchev–Trinajstić information content (AvgIpc) is 2.93. The Labute approximate surface area is 161 Å². The molecule has 3 N–H and O–H groups in total. The summed E-state index contributed by atoms with van der Waals surface area (Å²) < 4.78 is 0.